The number of carboxylic acids is 2. The number of benzene rings is 2. The van der Waals surface area contributed by atoms with Gasteiger partial charge in [-0.05, 0) is 54.6 Å². The van der Waals surface area contributed by atoms with Crippen molar-refractivity contribution in [2.45, 2.75) is 50.3 Å². The maximum Gasteiger partial charge on any atom is 0.388 e. The number of aliphatic carboxylic acids is 1. The Bertz CT molecular complexity index is 2620. The molecular weight excluding hydrogens is 1070 g/mol. The van der Waals surface area contributed by atoms with Gasteiger partial charge in [0.2, 0.25) is 17.7 Å². The minimum Gasteiger partial charge on any atom is -0.778 e. The van der Waals surface area contributed by atoms with E-state index in [4.69, 9.17) is 43.0 Å². The number of esters is 1. The van der Waals surface area contributed by atoms with E-state index in [1.807, 2.05) is 5.32 Å². The Labute approximate surface area is 403 Å². The topological polar surface area (TPSA) is 333 Å². The van der Waals surface area contributed by atoms with Crippen LogP contribution in [0.25, 0.3) is 5.69 Å². The van der Waals surface area contributed by atoms with Crippen molar-refractivity contribution in [3.8, 4) is 17.4 Å². The lowest BCUT2D eigenvalue weighted by atomic mass is 10.1. The van der Waals surface area contributed by atoms with Gasteiger partial charge in [-0.15, -0.1) is 16.7 Å². The van der Waals surface area contributed by atoms with Gasteiger partial charge in [-0.3, -0.25) is 20.2 Å². The molecule has 0 radical (unpaired) electrons. The van der Waals surface area contributed by atoms with Gasteiger partial charge in [-0.25, -0.2) is 36.5 Å². The summed E-state index contributed by atoms with van der Waals surface area (Å²) in [5.41, 5.74) is -2.01. The highest BCUT2D eigenvalue weighted by Gasteiger charge is 2.26. The molecule has 0 bridgehead atoms. The summed E-state index contributed by atoms with van der Waals surface area (Å²) in [6.45, 7) is -7.49. The fraction of sp³-hybridized carbons (Fsp3) is 0.371. The quantitative estimate of drug-likeness (QED) is 0.0271. The molecule has 70 heavy (non-hydrogen) atoms. The number of alkyl halides is 7. The highest BCUT2D eigenvalue weighted by Crippen LogP contribution is 2.27. The molecule has 0 aliphatic carbocycles. The zero-order chi connectivity index (χ0) is 53.8. The summed E-state index contributed by atoms with van der Waals surface area (Å²) in [5.74, 6) is -7.55. The number of sulfonamides is 1. The molecule has 2 aromatic carbocycles. The zero-order valence-corrected chi connectivity index (χ0v) is 40.4. The smallest absolute Gasteiger partial charge is 0.388 e. The molecule has 2 atom stereocenters. The Kier molecular flexibility index (Phi) is 25.6. The first kappa shape index (κ1) is 62.3. The van der Waals surface area contributed by atoms with E-state index >= 15 is 0 Å². The summed E-state index contributed by atoms with van der Waals surface area (Å²) in [6, 6.07) is 5.25. The van der Waals surface area contributed by atoms with Crippen molar-refractivity contribution in [1.82, 2.24) is 34.4 Å². The van der Waals surface area contributed by atoms with Crippen molar-refractivity contribution < 1.29 is 97.1 Å². The van der Waals surface area contributed by atoms with Crippen molar-refractivity contribution in [3.05, 3.63) is 80.7 Å². The normalized spacial score (nSPS) is 12.3. The van der Waals surface area contributed by atoms with Gasteiger partial charge in [0.15, 0.2) is 5.82 Å². The van der Waals surface area contributed by atoms with E-state index in [-0.39, 0.29) is 39.7 Å². The van der Waals surface area contributed by atoms with E-state index in [2.05, 4.69) is 43.3 Å². The molecule has 2 amide bonds. The van der Waals surface area contributed by atoms with Crippen molar-refractivity contribution in [2.24, 2.45) is 0 Å². The fourth-order valence-electron chi connectivity index (χ4n) is 4.52. The Morgan fingerprint density at radius 3 is 1.97 bits per heavy atom. The maximum absolute atomic E-state index is 14.2. The first-order chi connectivity index (χ1) is 32.3. The van der Waals surface area contributed by atoms with E-state index in [9.17, 15) is 72.6 Å². The van der Waals surface area contributed by atoms with Crippen LogP contribution in [0.2, 0.25) is 5.02 Å². The van der Waals surface area contributed by atoms with Crippen LogP contribution in [0.4, 0.5) is 41.5 Å². The maximum atomic E-state index is 14.2. The zero-order valence-electron chi connectivity index (χ0n) is 36.3. The summed E-state index contributed by atoms with van der Waals surface area (Å²) in [4.78, 5) is 80.3. The number of amides is 2. The van der Waals surface area contributed by atoms with Crippen LogP contribution in [0.5, 0.6) is 11.8 Å². The molecule has 2 heterocycles. The molecule has 2 aromatic heterocycles. The molecule has 0 saturated heterocycles. The largest absolute Gasteiger partial charge is 0.778 e. The van der Waals surface area contributed by atoms with E-state index in [1.165, 1.54) is 23.8 Å². The molecule has 23 nitrogen and oxygen atoms in total. The summed E-state index contributed by atoms with van der Waals surface area (Å²) < 4.78 is 138. The average Bonchev–Trinajstić information content (AvgIpc) is 3.50. The van der Waals surface area contributed by atoms with Crippen molar-refractivity contribution in [1.29, 1.82) is 0 Å². The van der Waals surface area contributed by atoms with Gasteiger partial charge in [-0.2, -0.15) is 41.0 Å². The van der Waals surface area contributed by atoms with E-state index < -0.39 is 119 Å². The molecule has 0 saturated carbocycles. The van der Waals surface area contributed by atoms with Crippen LogP contribution in [0.15, 0.2) is 52.2 Å². The van der Waals surface area contributed by atoms with Crippen LogP contribution in [-0.2, 0) is 46.2 Å². The van der Waals surface area contributed by atoms with Gasteiger partial charge in [0, 0.05) is 11.4 Å². The number of halogens is 9. The number of carboxylic acid groups (broad SMARTS) is 2. The molecular formula is C35H40Cl2F7N8O15PS2. The molecule has 0 fully saturated rings. The number of aromatic carboxylic acids is 1. The van der Waals surface area contributed by atoms with E-state index in [1.54, 1.807) is 12.2 Å². The lowest BCUT2D eigenvalue weighted by Crippen LogP contribution is -2.35. The Morgan fingerprint density at radius 2 is 1.51 bits per heavy atom. The third-order valence-corrected chi connectivity index (χ3v) is 9.70. The second-order valence-electron chi connectivity index (χ2n) is 13.0. The number of aryl methyl sites for hydroxylation is 1. The second kappa shape index (κ2) is 28.8. The lowest BCUT2D eigenvalue weighted by molar-refractivity contribution is -0.193. The standard InChI is InChI=1S/C15H14Cl2F3N3O3.C14H10F4N4O7S.C3H8NO5P.C3H9S/c1-3-26-13(24)10(17)4-8-5-12(11(18)6-9(8)16)23-15(25)22(14(19)20)7(2)21-23;15-11(16)28-8-5-9(29-12(17)18)20-13(19-8)21-14(25)22-30(26,27)7-4-2-1-3-6(7)10(23)24;5-3(6)1-4-2-10(7,8)9;1-4(2)3/h5-6,10,14H,3-4H2,1-2H3;1-5,11-12H,(H,23,24)(H2,19,20,21,22,25);4H,1-2H2,(H,5,6)(H2,7,8,9);1-3H3/q;;;+1/p-1. The van der Waals surface area contributed by atoms with Crippen LogP contribution >= 0.6 is 30.8 Å². The van der Waals surface area contributed by atoms with Gasteiger partial charge in [0.1, 0.15) is 29.4 Å². The summed E-state index contributed by atoms with van der Waals surface area (Å²) in [6.07, 6.45) is 5.76. The minimum absolute atomic E-state index is 0.0424. The first-order valence-corrected chi connectivity index (χ1v) is 25.0. The second-order valence-corrected chi connectivity index (χ2v) is 19.7. The Hall–Kier alpha value is -5.76. The number of anilines is 1. The van der Waals surface area contributed by atoms with Crippen molar-refractivity contribution in [3.63, 3.8) is 0 Å². The summed E-state index contributed by atoms with van der Waals surface area (Å²) >= 11 is 11.9. The molecule has 0 aliphatic heterocycles. The summed E-state index contributed by atoms with van der Waals surface area (Å²) in [5, 5.41) is 23.2. The predicted molar refractivity (Wildman–Crippen MR) is 232 cm³/mol. The van der Waals surface area contributed by atoms with Gasteiger partial charge in [-0.1, -0.05) is 23.7 Å². The van der Waals surface area contributed by atoms with Crippen LogP contribution < -0.4 is 35.4 Å². The number of carbonyl (C=O) groups excluding carboxylic acids is 2. The van der Waals surface area contributed by atoms with E-state index in [0.29, 0.717) is 21.6 Å². The number of aromatic nitrogens is 5. The highest BCUT2D eigenvalue weighted by atomic mass is 35.5. The number of rotatable bonds is 18. The molecule has 2 unspecified atom stereocenters. The molecule has 0 aliphatic rings. The van der Waals surface area contributed by atoms with Gasteiger partial charge in [0.05, 0.1) is 49.8 Å². The van der Waals surface area contributed by atoms with Gasteiger partial charge in [0.25, 0.3) is 10.0 Å². The number of nitrogens with one attached hydrogen (secondary N) is 3. The highest BCUT2D eigenvalue weighted by molar-refractivity contribution is 7.94. The molecule has 390 valence electrons. The number of hydrogen-bond acceptors (Lipinski definition) is 16. The monoisotopic (exact) mass is 1110 g/mol. The summed E-state index contributed by atoms with van der Waals surface area (Å²) in [7, 11) is -8.42. The molecule has 4 rings (SSSR count). The molecule has 6 N–H and O–H groups in total. The Morgan fingerprint density at radius 1 is 0.971 bits per heavy atom. The number of hydrogen-bond donors (Lipinski definition) is 6. The average molecular weight is 1110 g/mol. The number of urea groups is 1. The molecule has 4 aromatic rings. The van der Waals surface area contributed by atoms with E-state index in [0.717, 1.165) is 24.3 Å². The number of carbonyl (C=O) groups is 4. The lowest BCUT2D eigenvalue weighted by Gasteiger charge is -2.14. The van der Waals surface area contributed by atoms with Crippen LogP contribution in [-0.4, -0.2) is 129 Å². The number of nitrogens with zero attached hydrogens (tertiary/aromatic N) is 5. The fourth-order valence-corrected chi connectivity index (χ4v) is 6.47. The molecule has 0 spiro atoms. The first-order valence-electron chi connectivity index (χ1n) is 18.4. The van der Waals surface area contributed by atoms with Crippen molar-refractivity contribution >= 4 is 81.6 Å². The van der Waals surface area contributed by atoms with Crippen LogP contribution in [0.1, 0.15) is 35.2 Å². The van der Waals surface area contributed by atoms with Gasteiger partial charge >= 0.3 is 49.4 Å². The van der Waals surface area contributed by atoms with Crippen LogP contribution in [0.3, 0.4) is 0 Å². The third-order valence-electron chi connectivity index (χ3n) is 7.01. The third kappa shape index (κ3) is 22.3. The predicted octanol–water partition coefficient (Wildman–Crippen LogP) is 3.79. The minimum atomic E-state index is -4.71. The number of ether oxygens (including phenoxy) is 3. The van der Waals surface area contributed by atoms with Crippen molar-refractivity contribution in [2.75, 3.05) is 43.5 Å². The van der Waals surface area contributed by atoms with Crippen LogP contribution in [0, 0.1) is 12.7 Å². The van der Waals surface area contributed by atoms with Gasteiger partial charge < -0.3 is 38.8 Å². The molecule has 35 heteroatoms. The Balaban J connectivity index is 0.000000554. The SMILES string of the molecule is CCOC(=O)C(Cl)Cc1cc(-n2nc(C)n(C(F)F)c2=O)c(F)cc1Cl.C[S+](C)C.O=C(Nc1nc(OC(F)F)cc(OC(F)F)n1)NS(=O)(=O)c1ccccc1C(=O)O.O=C(O)CNCP(=O)([O-])O.